The van der Waals surface area contributed by atoms with Gasteiger partial charge in [0, 0.05) is 6.54 Å². The lowest BCUT2D eigenvalue weighted by molar-refractivity contribution is -0.153. The lowest BCUT2D eigenvalue weighted by Crippen LogP contribution is -2.55. The van der Waals surface area contributed by atoms with E-state index in [4.69, 9.17) is 4.74 Å². The van der Waals surface area contributed by atoms with Gasteiger partial charge in [0.1, 0.15) is 6.04 Å². The van der Waals surface area contributed by atoms with Gasteiger partial charge in [-0.25, -0.2) is 4.79 Å². The fourth-order valence-corrected chi connectivity index (χ4v) is 2.78. The number of hydrogen-bond acceptors (Lipinski definition) is 4. The number of carbonyl (C=O) groups is 2. The van der Waals surface area contributed by atoms with Gasteiger partial charge in [-0.2, -0.15) is 0 Å². The molecule has 2 rings (SSSR count). The molecule has 0 aromatic carbocycles. The SMILES string of the molecule is COC(=O)C1CCCN1C(=O)C1(C)CCCN1. The van der Waals surface area contributed by atoms with Gasteiger partial charge in [0.05, 0.1) is 12.6 Å². The van der Waals surface area contributed by atoms with Crippen LogP contribution in [0, 0.1) is 0 Å². The van der Waals surface area contributed by atoms with Gasteiger partial charge in [0.25, 0.3) is 0 Å². The highest BCUT2D eigenvalue weighted by Gasteiger charge is 2.44. The monoisotopic (exact) mass is 240 g/mol. The molecule has 1 amide bonds. The van der Waals surface area contributed by atoms with Crippen molar-refractivity contribution in [3.63, 3.8) is 0 Å². The maximum atomic E-state index is 12.5. The van der Waals surface area contributed by atoms with E-state index in [0.29, 0.717) is 13.0 Å². The van der Waals surface area contributed by atoms with E-state index < -0.39 is 5.54 Å². The molecule has 2 atom stereocenters. The Kier molecular flexibility index (Phi) is 3.38. The molecule has 2 aliphatic heterocycles. The molecule has 1 N–H and O–H groups in total. The zero-order valence-electron chi connectivity index (χ0n) is 10.5. The molecule has 2 aliphatic rings. The molecule has 2 fully saturated rings. The molecular formula is C12H20N2O3. The van der Waals surface area contributed by atoms with Crippen LogP contribution in [0.15, 0.2) is 0 Å². The lowest BCUT2D eigenvalue weighted by Gasteiger charge is -2.31. The number of amides is 1. The summed E-state index contributed by atoms with van der Waals surface area (Å²) in [4.78, 5) is 25.8. The molecule has 0 aliphatic carbocycles. The maximum absolute atomic E-state index is 12.5. The third-order valence-electron chi connectivity index (χ3n) is 3.83. The van der Waals surface area contributed by atoms with Crippen molar-refractivity contribution >= 4 is 11.9 Å². The molecule has 0 aromatic heterocycles. The van der Waals surface area contributed by atoms with Crippen LogP contribution < -0.4 is 5.32 Å². The highest BCUT2D eigenvalue weighted by Crippen LogP contribution is 2.27. The molecule has 0 saturated carbocycles. The molecule has 17 heavy (non-hydrogen) atoms. The molecule has 5 nitrogen and oxygen atoms in total. The molecule has 0 spiro atoms. The van der Waals surface area contributed by atoms with Gasteiger partial charge >= 0.3 is 5.97 Å². The molecule has 0 radical (unpaired) electrons. The number of likely N-dealkylation sites (tertiary alicyclic amines) is 1. The van der Waals surface area contributed by atoms with Crippen LogP contribution in [0.3, 0.4) is 0 Å². The summed E-state index contributed by atoms with van der Waals surface area (Å²) in [6.45, 7) is 3.46. The van der Waals surface area contributed by atoms with Gasteiger partial charge in [0.2, 0.25) is 5.91 Å². The summed E-state index contributed by atoms with van der Waals surface area (Å²) in [6.07, 6.45) is 3.45. The summed E-state index contributed by atoms with van der Waals surface area (Å²) < 4.78 is 4.76. The van der Waals surface area contributed by atoms with Crippen molar-refractivity contribution < 1.29 is 14.3 Å². The van der Waals surface area contributed by atoms with Crippen molar-refractivity contribution in [3.8, 4) is 0 Å². The molecule has 5 heteroatoms. The third kappa shape index (κ3) is 2.16. The zero-order valence-corrected chi connectivity index (χ0v) is 10.5. The summed E-state index contributed by atoms with van der Waals surface area (Å²) in [5.41, 5.74) is -0.489. The van der Waals surface area contributed by atoms with Crippen LogP contribution in [0.5, 0.6) is 0 Å². The quantitative estimate of drug-likeness (QED) is 0.705. The van der Waals surface area contributed by atoms with Gasteiger partial charge in [-0.3, -0.25) is 4.79 Å². The number of carbonyl (C=O) groups excluding carboxylic acids is 2. The Bertz CT molecular complexity index is 324. The van der Waals surface area contributed by atoms with Crippen molar-refractivity contribution in [2.45, 2.75) is 44.2 Å². The molecule has 96 valence electrons. The van der Waals surface area contributed by atoms with E-state index in [9.17, 15) is 9.59 Å². The van der Waals surface area contributed by atoms with E-state index in [-0.39, 0.29) is 17.9 Å². The predicted octanol–water partition coefficient (Wildman–Crippen LogP) is 0.292. The molecule has 0 bridgehead atoms. The van der Waals surface area contributed by atoms with Crippen molar-refractivity contribution in [3.05, 3.63) is 0 Å². The molecule has 2 saturated heterocycles. The third-order valence-corrected chi connectivity index (χ3v) is 3.83. The zero-order chi connectivity index (χ0) is 12.5. The number of nitrogens with zero attached hydrogens (tertiary/aromatic N) is 1. The summed E-state index contributed by atoms with van der Waals surface area (Å²) >= 11 is 0. The normalized spacial score (nSPS) is 32.8. The number of hydrogen-bond donors (Lipinski definition) is 1. The van der Waals surface area contributed by atoms with Gasteiger partial charge in [-0.05, 0) is 39.2 Å². The predicted molar refractivity (Wildman–Crippen MR) is 62.4 cm³/mol. The Hall–Kier alpha value is -1.10. The number of ether oxygens (including phenoxy) is 1. The Morgan fingerprint density at radius 3 is 2.76 bits per heavy atom. The van der Waals surface area contributed by atoms with E-state index in [2.05, 4.69) is 5.32 Å². The second-order valence-corrected chi connectivity index (χ2v) is 5.04. The fraction of sp³-hybridized carbons (Fsp3) is 0.833. The number of rotatable bonds is 2. The molecule has 2 heterocycles. The van der Waals surface area contributed by atoms with Gasteiger partial charge < -0.3 is 15.0 Å². The summed E-state index contributed by atoms with van der Waals surface area (Å²) in [5, 5.41) is 3.24. The van der Waals surface area contributed by atoms with Crippen LogP contribution >= 0.6 is 0 Å². The summed E-state index contributed by atoms with van der Waals surface area (Å²) in [5.74, 6) is -0.250. The van der Waals surface area contributed by atoms with Crippen LogP contribution in [-0.2, 0) is 14.3 Å². The average molecular weight is 240 g/mol. The van der Waals surface area contributed by atoms with Crippen molar-refractivity contribution in [2.75, 3.05) is 20.2 Å². The standard InChI is InChI=1S/C12H20N2O3/c1-12(6-4-7-13-12)11(16)14-8-3-5-9(14)10(15)17-2/h9,13H,3-8H2,1-2H3. The van der Waals surface area contributed by atoms with Gasteiger partial charge in [-0.15, -0.1) is 0 Å². The second kappa shape index (κ2) is 4.64. The average Bonchev–Trinajstić information content (AvgIpc) is 2.96. The van der Waals surface area contributed by atoms with Crippen LogP contribution in [-0.4, -0.2) is 48.6 Å². The minimum Gasteiger partial charge on any atom is -0.467 e. The number of nitrogens with one attached hydrogen (secondary N) is 1. The Balaban J connectivity index is 2.10. The first-order chi connectivity index (χ1) is 8.08. The van der Waals surface area contributed by atoms with Crippen molar-refractivity contribution in [1.82, 2.24) is 10.2 Å². The highest BCUT2D eigenvalue weighted by molar-refractivity contribution is 5.91. The lowest BCUT2D eigenvalue weighted by atomic mass is 9.98. The first-order valence-corrected chi connectivity index (χ1v) is 6.22. The second-order valence-electron chi connectivity index (χ2n) is 5.04. The van der Waals surface area contributed by atoms with E-state index in [1.54, 1.807) is 4.90 Å². The molecule has 2 unspecified atom stereocenters. The Morgan fingerprint density at radius 1 is 1.41 bits per heavy atom. The first kappa shape index (κ1) is 12.4. The maximum Gasteiger partial charge on any atom is 0.328 e. The number of esters is 1. The Labute approximate surface area is 101 Å². The van der Waals surface area contributed by atoms with E-state index in [1.165, 1.54) is 7.11 Å². The van der Waals surface area contributed by atoms with Crippen molar-refractivity contribution in [2.24, 2.45) is 0 Å². The van der Waals surface area contributed by atoms with Crippen LogP contribution in [0.1, 0.15) is 32.6 Å². The summed E-state index contributed by atoms with van der Waals surface area (Å²) in [7, 11) is 1.37. The minimum absolute atomic E-state index is 0.0444. The molecular weight excluding hydrogens is 220 g/mol. The first-order valence-electron chi connectivity index (χ1n) is 6.22. The van der Waals surface area contributed by atoms with Crippen LogP contribution in [0.25, 0.3) is 0 Å². The molecule has 0 aromatic rings. The van der Waals surface area contributed by atoms with Crippen LogP contribution in [0.2, 0.25) is 0 Å². The fourth-order valence-electron chi connectivity index (χ4n) is 2.78. The topological polar surface area (TPSA) is 58.6 Å². The number of methoxy groups -OCH3 is 1. The van der Waals surface area contributed by atoms with Gasteiger partial charge in [0.15, 0.2) is 0 Å². The van der Waals surface area contributed by atoms with E-state index in [0.717, 1.165) is 25.8 Å². The largest absolute Gasteiger partial charge is 0.467 e. The highest BCUT2D eigenvalue weighted by atomic mass is 16.5. The minimum atomic E-state index is -0.489. The Morgan fingerprint density at radius 2 is 2.18 bits per heavy atom. The van der Waals surface area contributed by atoms with E-state index in [1.807, 2.05) is 6.92 Å². The summed E-state index contributed by atoms with van der Waals surface area (Å²) in [6, 6.07) is -0.383. The smallest absolute Gasteiger partial charge is 0.328 e. The van der Waals surface area contributed by atoms with Gasteiger partial charge in [-0.1, -0.05) is 0 Å². The van der Waals surface area contributed by atoms with Crippen LogP contribution in [0.4, 0.5) is 0 Å². The van der Waals surface area contributed by atoms with Crippen molar-refractivity contribution in [1.29, 1.82) is 0 Å². The van der Waals surface area contributed by atoms with E-state index >= 15 is 0 Å².